The largest absolute Gasteiger partial charge is 0.330 e. The Morgan fingerprint density at radius 2 is 2.53 bits per heavy atom. The number of aromatic nitrogens is 2. The Kier molecular flexibility index (Phi) is 3.75. The molecule has 1 fully saturated rings. The minimum absolute atomic E-state index is 0.00415. The molecule has 17 heavy (non-hydrogen) atoms. The summed E-state index contributed by atoms with van der Waals surface area (Å²) >= 11 is 0. The number of hydrogen-bond acceptors (Lipinski definition) is 4. The molecule has 2 heterocycles. The van der Waals surface area contributed by atoms with E-state index in [2.05, 4.69) is 15.7 Å². The highest BCUT2D eigenvalue weighted by Crippen LogP contribution is 2.18. The maximum absolute atomic E-state index is 11.9. The van der Waals surface area contributed by atoms with E-state index in [1.807, 2.05) is 17.7 Å². The molecule has 6 nitrogen and oxygen atoms in total. The normalized spacial score (nSPS) is 17.5. The van der Waals surface area contributed by atoms with E-state index in [1.165, 1.54) is 0 Å². The molecule has 0 radical (unpaired) electrons. The van der Waals surface area contributed by atoms with E-state index in [4.69, 9.17) is 5.73 Å². The van der Waals surface area contributed by atoms with Crippen molar-refractivity contribution >= 4 is 11.7 Å². The highest BCUT2D eigenvalue weighted by molar-refractivity contribution is 5.91. The van der Waals surface area contributed by atoms with Crippen LogP contribution in [0.25, 0.3) is 0 Å². The average Bonchev–Trinajstić information content (AvgIpc) is 2.64. The molecule has 1 aliphatic heterocycles. The van der Waals surface area contributed by atoms with Crippen LogP contribution < -0.4 is 16.4 Å². The number of amides is 1. The van der Waals surface area contributed by atoms with Crippen molar-refractivity contribution in [2.75, 3.05) is 25.0 Å². The van der Waals surface area contributed by atoms with Crippen molar-refractivity contribution in [1.82, 2.24) is 15.1 Å². The zero-order valence-corrected chi connectivity index (χ0v) is 10.0. The van der Waals surface area contributed by atoms with Crippen molar-refractivity contribution in [3.63, 3.8) is 0 Å². The van der Waals surface area contributed by atoms with Gasteiger partial charge in [0.1, 0.15) is 5.82 Å². The number of carbonyl (C=O) groups excluding carboxylic acids is 1. The fraction of sp³-hybridized carbons (Fsp3) is 0.636. The third-order valence-electron chi connectivity index (χ3n) is 3.07. The predicted molar refractivity (Wildman–Crippen MR) is 65.6 cm³/mol. The molecule has 0 bridgehead atoms. The van der Waals surface area contributed by atoms with Crippen LogP contribution in [0.3, 0.4) is 0 Å². The Balaban J connectivity index is 1.98. The lowest BCUT2D eigenvalue weighted by Gasteiger charge is -2.28. The summed E-state index contributed by atoms with van der Waals surface area (Å²) in [7, 11) is 0. The van der Waals surface area contributed by atoms with E-state index in [0.29, 0.717) is 19.0 Å². The van der Waals surface area contributed by atoms with Gasteiger partial charge in [0.25, 0.3) is 0 Å². The van der Waals surface area contributed by atoms with Crippen LogP contribution in [0.4, 0.5) is 5.82 Å². The van der Waals surface area contributed by atoms with Gasteiger partial charge in [0.2, 0.25) is 5.91 Å². The van der Waals surface area contributed by atoms with E-state index in [-0.39, 0.29) is 11.8 Å². The molecular formula is C11H19N5O. The molecule has 2 rings (SSSR count). The molecular weight excluding hydrogens is 218 g/mol. The SMILES string of the molecule is CC(CCN)C(=O)Nc1ccnn1C1CNC1. The second-order valence-electron chi connectivity index (χ2n) is 4.44. The monoisotopic (exact) mass is 237 g/mol. The van der Waals surface area contributed by atoms with Gasteiger partial charge in [-0.15, -0.1) is 0 Å². The molecule has 1 saturated heterocycles. The van der Waals surface area contributed by atoms with Gasteiger partial charge in [-0.2, -0.15) is 5.10 Å². The maximum Gasteiger partial charge on any atom is 0.228 e. The lowest BCUT2D eigenvalue weighted by molar-refractivity contribution is -0.119. The summed E-state index contributed by atoms with van der Waals surface area (Å²) in [5.41, 5.74) is 5.44. The second kappa shape index (κ2) is 5.29. The minimum atomic E-state index is -0.0668. The van der Waals surface area contributed by atoms with Crippen LogP contribution in [0.15, 0.2) is 12.3 Å². The van der Waals surface area contributed by atoms with E-state index in [1.54, 1.807) is 6.20 Å². The molecule has 0 saturated carbocycles. The van der Waals surface area contributed by atoms with Gasteiger partial charge in [-0.1, -0.05) is 6.92 Å². The fourth-order valence-corrected chi connectivity index (χ4v) is 1.78. The number of rotatable bonds is 5. The van der Waals surface area contributed by atoms with E-state index in [9.17, 15) is 4.79 Å². The third kappa shape index (κ3) is 2.65. The molecule has 0 aromatic carbocycles. The number of hydrogen-bond donors (Lipinski definition) is 3. The van der Waals surface area contributed by atoms with Gasteiger partial charge in [-0.05, 0) is 13.0 Å². The first-order valence-corrected chi connectivity index (χ1v) is 5.97. The van der Waals surface area contributed by atoms with Crippen LogP contribution >= 0.6 is 0 Å². The predicted octanol–water partition coefficient (Wildman–Crippen LogP) is -0.0492. The Hall–Kier alpha value is -1.40. The Bertz CT molecular complexity index is 385. The summed E-state index contributed by atoms with van der Waals surface area (Å²) in [5.74, 6) is 0.706. The van der Waals surface area contributed by atoms with Crippen molar-refractivity contribution < 1.29 is 4.79 Å². The number of nitrogens with one attached hydrogen (secondary N) is 2. The molecule has 1 aromatic heterocycles. The smallest absolute Gasteiger partial charge is 0.228 e. The first-order valence-electron chi connectivity index (χ1n) is 5.97. The van der Waals surface area contributed by atoms with Gasteiger partial charge >= 0.3 is 0 Å². The van der Waals surface area contributed by atoms with Crippen molar-refractivity contribution in [3.05, 3.63) is 12.3 Å². The molecule has 0 aliphatic carbocycles. The zero-order valence-electron chi connectivity index (χ0n) is 10.0. The lowest BCUT2D eigenvalue weighted by atomic mass is 10.1. The number of nitrogens with two attached hydrogens (primary N) is 1. The third-order valence-corrected chi connectivity index (χ3v) is 3.07. The van der Waals surface area contributed by atoms with Crippen molar-refractivity contribution in [3.8, 4) is 0 Å². The highest BCUT2D eigenvalue weighted by Gasteiger charge is 2.23. The van der Waals surface area contributed by atoms with Crippen LogP contribution in [-0.4, -0.2) is 35.3 Å². The second-order valence-corrected chi connectivity index (χ2v) is 4.44. The highest BCUT2D eigenvalue weighted by atomic mass is 16.2. The molecule has 1 amide bonds. The number of nitrogens with zero attached hydrogens (tertiary/aromatic N) is 2. The molecule has 1 aliphatic rings. The van der Waals surface area contributed by atoms with Crippen LogP contribution in [0.5, 0.6) is 0 Å². The zero-order chi connectivity index (χ0) is 12.3. The average molecular weight is 237 g/mol. The summed E-state index contributed by atoms with van der Waals surface area (Å²) in [5, 5.41) is 10.3. The molecule has 6 heteroatoms. The van der Waals surface area contributed by atoms with Crippen molar-refractivity contribution in [2.45, 2.75) is 19.4 Å². The van der Waals surface area contributed by atoms with Crippen LogP contribution in [-0.2, 0) is 4.79 Å². The topological polar surface area (TPSA) is 85.0 Å². The summed E-state index contributed by atoms with van der Waals surface area (Å²) in [6.07, 6.45) is 2.41. The summed E-state index contributed by atoms with van der Waals surface area (Å²) in [4.78, 5) is 11.9. The lowest BCUT2D eigenvalue weighted by Crippen LogP contribution is -2.44. The summed E-state index contributed by atoms with van der Waals surface area (Å²) in [6.45, 7) is 4.22. The quantitative estimate of drug-likeness (QED) is 0.670. The van der Waals surface area contributed by atoms with E-state index >= 15 is 0 Å². The molecule has 0 spiro atoms. The van der Waals surface area contributed by atoms with Crippen LogP contribution in [0, 0.1) is 5.92 Å². The van der Waals surface area contributed by atoms with Crippen molar-refractivity contribution in [2.24, 2.45) is 11.7 Å². The van der Waals surface area contributed by atoms with Crippen LogP contribution in [0.2, 0.25) is 0 Å². The van der Waals surface area contributed by atoms with Crippen molar-refractivity contribution in [1.29, 1.82) is 0 Å². The van der Waals surface area contributed by atoms with Gasteiger partial charge in [0, 0.05) is 25.1 Å². The summed E-state index contributed by atoms with van der Waals surface area (Å²) < 4.78 is 1.86. The fourth-order valence-electron chi connectivity index (χ4n) is 1.78. The molecule has 1 aromatic rings. The Morgan fingerprint density at radius 3 is 3.12 bits per heavy atom. The number of carbonyl (C=O) groups is 1. The van der Waals surface area contributed by atoms with Gasteiger partial charge in [-0.3, -0.25) is 4.79 Å². The first kappa shape index (κ1) is 12.1. The summed E-state index contributed by atoms with van der Waals surface area (Å²) in [6, 6.07) is 2.18. The minimum Gasteiger partial charge on any atom is -0.330 e. The van der Waals surface area contributed by atoms with Crippen LogP contribution in [0.1, 0.15) is 19.4 Å². The number of anilines is 1. The maximum atomic E-state index is 11.9. The van der Waals surface area contributed by atoms with E-state index in [0.717, 1.165) is 18.9 Å². The molecule has 1 unspecified atom stereocenters. The Labute approximate surface area is 101 Å². The molecule has 1 atom stereocenters. The Morgan fingerprint density at radius 1 is 1.76 bits per heavy atom. The standard InChI is InChI=1S/C11H19N5O/c1-8(2-4-12)11(17)15-10-3-5-14-16(10)9-6-13-7-9/h3,5,8-9,13H,2,4,6-7,12H2,1H3,(H,15,17). The molecule has 94 valence electrons. The molecule has 4 N–H and O–H groups in total. The van der Waals surface area contributed by atoms with Gasteiger partial charge < -0.3 is 16.4 Å². The van der Waals surface area contributed by atoms with E-state index < -0.39 is 0 Å². The van der Waals surface area contributed by atoms with Gasteiger partial charge in [0.15, 0.2) is 0 Å². The first-order chi connectivity index (χ1) is 8.22. The van der Waals surface area contributed by atoms with Gasteiger partial charge in [0.05, 0.1) is 12.2 Å². The van der Waals surface area contributed by atoms with Gasteiger partial charge in [-0.25, -0.2) is 4.68 Å².